The fourth-order valence-corrected chi connectivity index (χ4v) is 3.94. The molecule has 0 bridgehead atoms. The predicted molar refractivity (Wildman–Crippen MR) is 112 cm³/mol. The van der Waals surface area contributed by atoms with Gasteiger partial charge in [0.15, 0.2) is 5.82 Å². The normalized spacial score (nSPS) is 15.5. The molecule has 0 saturated carbocycles. The van der Waals surface area contributed by atoms with E-state index in [1.807, 2.05) is 47.5 Å². The van der Waals surface area contributed by atoms with E-state index in [0.717, 1.165) is 41.0 Å². The molecule has 156 valence electrons. The monoisotopic (exact) mass is 410 g/mol. The number of piperidine rings is 1. The van der Waals surface area contributed by atoms with Crippen molar-refractivity contribution in [2.45, 2.75) is 25.2 Å². The summed E-state index contributed by atoms with van der Waals surface area (Å²) in [6.45, 7) is 1.11. The van der Waals surface area contributed by atoms with Gasteiger partial charge in [-0.1, -0.05) is 12.1 Å². The maximum Gasteiger partial charge on any atom is 0.251 e. The molecule has 3 heterocycles. The van der Waals surface area contributed by atoms with Gasteiger partial charge in [0.05, 0.1) is 19.3 Å². The number of hydrogen-bond acceptors (Lipinski definition) is 5. The van der Waals surface area contributed by atoms with Crippen LogP contribution in [0.4, 0.5) is 8.78 Å². The van der Waals surface area contributed by atoms with E-state index in [2.05, 4.69) is 9.97 Å². The van der Waals surface area contributed by atoms with Crippen LogP contribution in [0.2, 0.25) is 0 Å². The minimum Gasteiger partial charge on any atom is -0.497 e. The SMILES string of the molecule is COc1cccc(-c2cnc(-c3ccncc3)nc2C2CCN(CC(F)F)CC2)c1. The average molecular weight is 410 g/mol. The summed E-state index contributed by atoms with van der Waals surface area (Å²) in [5.74, 6) is 1.60. The topological polar surface area (TPSA) is 51.1 Å². The maximum atomic E-state index is 12.8. The molecule has 0 aliphatic carbocycles. The first-order valence-electron chi connectivity index (χ1n) is 10.1. The van der Waals surface area contributed by atoms with E-state index >= 15 is 0 Å². The van der Waals surface area contributed by atoms with Gasteiger partial charge in [-0.3, -0.25) is 9.88 Å². The highest BCUT2D eigenvalue weighted by molar-refractivity contribution is 5.69. The molecule has 1 aromatic carbocycles. The van der Waals surface area contributed by atoms with E-state index in [9.17, 15) is 8.78 Å². The summed E-state index contributed by atoms with van der Waals surface area (Å²) in [5.41, 5.74) is 3.81. The molecule has 30 heavy (non-hydrogen) atoms. The zero-order valence-corrected chi connectivity index (χ0v) is 16.8. The Balaban J connectivity index is 1.70. The Bertz CT molecular complexity index is 976. The highest BCUT2D eigenvalue weighted by atomic mass is 19.3. The summed E-state index contributed by atoms with van der Waals surface area (Å²) >= 11 is 0. The fourth-order valence-electron chi connectivity index (χ4n) is 3.94. The van der Waals surface area contributed by atoms with Gasteiger partial charge in [-0.2, -0.15) is 0 Å². The van der Waals surface area contributed by atoms with Crippen molar-refractivity contribution in [3.8, 4) is 28.3 Å². The van der Waals surface area contributed by atoms with E-state index in [-0.39, 0.29) is 12.5 Å². The molecule has 4 rings (SSSR count). The Kier molecular flexibility index (Phi) is 6.28. The zero-order valence-electron chi connectivity index (χ0n) is 16.8. The number of alkyl halides is 2. The zero-order chi connectivity index (χ0) is 20.9. The second-order valence-corrected chi connectivity index (χ2v) is 7.43. The van der Waals surface area contributed by atoms with E-state index in [0.29, 0.717) is 18.9 Å². The summed E-state index contributed by atoms with van der Waals surface area (Å²) in [6.07, 6.45) is 4.57. The first-order chi connectivity index (χ1) is 14.6. The van der Waals surface area contributed by atoms with E-state index in [4.69, 9.17) is 9.72 Å². The quantitative estimate of drug-likeness (QED) is 0.592. The summed E-state index contributed by atoms with van der Waals surface area (Å²) in [7, 11) is 1.64. The number of pyridine rings is 1. The van der Waals surface area contributed by atoms with E-state index in [1.54, 1.807) is 19.5 Å². The van der Waals surface area contributed by atoms with Gasteiger partial charge in [-0.15, -0.1) is 0 Å². The lowest BCUT2D eigenvalue weighted by Gasteiger charge is -2.32. The molecule has 0 radical (unpaired) electrons. The van der Waals surface area contributed by atoms with Crippen LogP contribution in [0.1, 0.15) is 24.5 Å². The number of aromatic nitrogens is 3. The van der Waals surface area contributed by atoms with Crippen LogP contribution in [0.3, 0.4) is 0 Å². The molecule has 0 N–H and O–H groups in total. The van der Waals surface area contributed by atoms with Crippen molar-refractivity contribution < 1.29 is 13.5 Å². The predicted octanol–water partition coefficient (Wildman–Crippen LogP) is 4.66. The largest absolute Gasteiger partial charge is 0.497 e. The van der Waals surface area contributed by atoms with Gasteiger partial charge in [0.2, 0.25) is 0 Å². The van der Waals surface area contributed by atoms with Crippen LogP contribution >= 0.6 is 0 Å². The van der Waals surface area contributed by atoms with Gasteiger partial charge in [0, 0.05) is 35.6 Å². The van der Waals surface area contributed by atoms with Gasteiger partial charge < -0.3 is 4.74 Å². The Hall–Kier alpha value is -2.93. The molecule has 1 aliphatic heterocycles. The van der Waals surface area contributed by atoms with Crippen molar-refractivity contribution in [1.82, 2.24) is 19.9 Å². The number of benzene rings is 1. The smallest absolute Gasteiger partial charge is 0.251 e. The van der Waals surface area contributed by atoms with Crippen LogP contribution in [-0.2, 0) is 0 Å². The van der Waals surface area contributed by atoms with Crippen LogP contribution in [-0.4, -0.2) is 53.0 Å². The van der Waals surface area contributed by atoms with Gasteiger partial charge in [-0.05, 0) is 55.8 Å². The second-order valence-electron chi connectivity index (χ2n) is 7.43. The third kappa shape index (κ3) is 4.62. The third-order valence-corrected chi connectivity index (χ3v) is 5.51. The summed E-state index contributed by atoms with van der Waals surface area (Å²) in [4.78, 5) is 15.4. The molecule has 0 atom stereocenters. The molecule has 0 spiro atoms. The molecule has 5 nitrogen and oxygen atoms in total. The Morgan fingerprint density at radius 1 is 1.10 bits per heavy atom. The van der Waals surface area contributed by atoms with Crippen LogP contribution in [0.5, 0.6) is 5.75 Å². The number of halogens is 2. The van der Waals surface area contributed by atoms with Gasteiger partial charge in [0.25, 0.3) is 6.43 Å². The number of hydrogen-bond donors (Lipinski definition) is 0. The first-order valence-corrected chi connectivity index (χ1v) is 10.1. The summed E-state index contributed by atoms with van der Waals surface area (Å²) in [6, 6.07) is 11.6. The van der Waals surface area contributed by atoms with Crippen LogP contribution < -0.4 is 4.74 Å². The van der Waals surface area contributed by atoms with Gasteiger partial charge in [-0.25, -0.2) is 18.7 Å². The van der Waals surface area contributed by atoms with Crippen molar-refractivity contribution in [2.24, 2.45) is 0 Å². The van der Waals surface area contributed by atoms with Crippen LogP contribution in [0, 0.1) is 0 Å². The number of ether oxygens (including phenoxy) is 1. The van der Waals surface area contributed by atoms with Crippen molar-refractivity contribution in [3.05, 3.63) is 60.7 Å². The van der Waals surface area contributed by atoms with E-state index in [1.165, 1.54) is 0 Å². The minimum atomic E-state index is -2.30. The molecule has 2 aromatic heterocycles. The standard InChI is InChI=1S/C23H24F2N4O/c1-30-19-4-2-3-18(13-19)20-14-27-23(17-5-9-26-10-6-17)28-22(20)16-7-11-29(12-8-16)15-21(24)25/h2-6,9-10,13-14,16,21H,7-8,11-12,15H2,1H3. The van der Waals surface area contributed by atoms with Crippen molar-refractivity contribution in [1.29, 1.82) is 0 Å². The highest BCUT2D eigenvalue weighted by Crippen LogP contribution is 2.36. The lowest BCUT2D eigenvalue weighted by atomic mass is 9.88. The Morgan fingerprint density at radius 3 is 2.57 bits per heavy atom. The molecule has 1 fully saturated rings. The summed E-state index contributed by atoms with van der Waals surface area (Å²) < 4.78 is 30.9. The maximum absolute atomic E-state index is 12.8. The Morgan fingerprint density at radius 2 is 1.87 bits per heavy atom. The molecule has 3 aromatic rings. The number of nitrogens with zero attached hydrogens (tertiary/aromatic N) is 4. The van der Waals surface area contributed by atoms with Crippen molar-refractivity contribution in [3.63, 3.8) is 0 Å². The second kappa shape index (κ2) is 9.26. The average Bonchev–Trinajstić information content (AvgIpc) is 2.79. The molecule has 1 aliphatic rings. The highest BCUT2D eigenvalue weighted by Gasteiger charge is 2.26. The van der Waals surface area contributed by atoms with Crippen molar-refractivity contribution >= 4 is 0 Å². The molecule has 0 unspecified atom stereocenters. The first kappa shape index (κ1) is 20.3. The Labute approximate surface area is 174 Å². The number of methoxy groups -OCH3 is 1. The van der Waals surface area contributed by atoms with Crippen molar-refractivity contribution in [2.75, 3.05) is 26.7 Å². The minimum absolute atomic E-state index is 0.165. The lowest BCUT2D eigenvalue weighted by molar-refractivity contribution is 0.0752. The molecule has 0 amide bonds. The molecular formula is C23H24F2N4O. The van der Waals surface area contributed by atoms with Crippen LogP contribution in [0.25, 0.3) is 22.5 Å². The molecule has 1 saturated heterocycles. The van der Waals surface area contributed by atoms with Gasteiger partial charge in [0.1, 0.15) is 5.75 Å². The summed E-state index contributed by atoms with van der Waals surface area (Å²) in [5, 5.41) is 0. The molecule has 7 heteroatoms. The van der Waals surface area contributed by atoms with Crippen LogP contribution in [0.15, 0.2) is 55.0 Å². The van der Waals surface area contributed by atoms with E-state index < -0.39 is 6.43 Å². The number of rotatable bonds is 6. The van der Waals surface area contributed by atoms with Gasteiger partial charge >= 0.3 is 0 Å². The number of likely N-dealkylation sites (tertiary alicyclic amines) is 1. The molecular weight excluding hydrogens is 386 g/mol. The fraction of sp³-hybridized carbons (Fsp3) is 0.348. The third-order valence-electron chi connectivity index (χ3n) is 5.51. The lowest BCUT2D eigenvalue weighted by Crippen LogP contribution is -2.36.